The maximum Gasteiger partial charge on any atom is 0.217 e. The molecule has 2 rings (SSSR count). The van der Waals surface area contributed by atoms with Crippen molar-refractivity contribution >= 4 is 10.0 Å². The van der Waals surface area contributed by atoms with Gasteiger partial charge in [-0.1, -0.05) is 37.6 Å². The lowest BCUT2D eigenvalue weighted by Gasteiger charge is -2.26. The second-order valence-electron chi connectivity index (χ2n) is 6.61. The van der Waals surface area contributed by atoms with Crippen LogP contribution in [0.3, 0.4) is 0 Å². The molecule has 0 amide bonds. The van der Waals surface area contributed by atoms with Crippen LogP contribution in [0.4, 0.5) is 0 Å². The molecule has 0 saturated carbocycles. The summed E-state index contributed by atoms with van der Waals surface area (Å²) >= 11 is 0. The molecule has 0 fully saturated rings. The first-order valence-corrected chi connectivity index (χ1v) is 10.7. The molecule has 0 saturated heterocycles. The minimum atomic E-state index is -3.42. The van der Waals surface area contributed by atoms with E-state index in [9.17, 15) is 8.42 Å². The molecule has 0 N–H and O–H groups in total. The number of hydrogen-bond donors (Lipinski definition) is 0. The van der Waals surface area contributed by atoms with Gasteiger partial charge in [0, 0.05) is 13.1 Å². The van der Waals surface area contributed by atoms with Crippen molar-refractivity contribution in [2.75, 3.05) is 14.2 Å². The van der Waals surface area contributed by atoms with Gasteiger partial charge in [-0.2, -0.15) is 4.31 Å². The maximum atomic E-state index is 13.2. The van der Waals surface area contributed by atoms with Crippen molar-refractivity contribution < 1.29 is 17.9 Å². The van der Waals surface area contributed by atoms with Crippen LogP contribution < -0.4 is 9.47 Å². The molecule has 0 aromatic heterocycles. The number of benzene rings is 2. The van der Waals surface area contributed by atoms with E-state index >= 15 is 0 Å². The Morgan fingerprint density at radius 3 is 1.59 bits per heavy atom. The van der Waals surface area contributed by atoms with Gasteiger partial charge < -0.3 is 9.47 Å². The predicted octanol–water partition coefficient (Wildman–Crippen LogP) is 4.22. The number of methoxy groups -OCH3 is 2. The van der Waals surface area contributed by atoms with Crippen LogP contribution in [0, 0.1) is 0 Å². The summed E-state index contributed by atoms with van der Waals surface area (Å²) in [5.74, 6) is 1.50. The lowest BCUT2D eigenvalue weighted by atomic mass is 10.2. The number of rotatable bonds is 10. The second kappa shape index (κ2) is 9.76. The molecule has 27 heavy (non-hydrogen) atoms. The Hall–Kier alpha value is -2.05. The monoisotopic (exact) mass is 391 g/mol. The number of hydrogen-bond acceptors (Lipinski definition) is 4. The van der Waals surface area contributed by atoms with E-state index in [0.29, 0.717) is 19.5 Å². The highest BCUT2D eigenvalue weighted by molar-refractivity contribution is 7.89. The average Bonchev–Trinajstić information content (AvgIpc) is 2.68. The Kier molecular flexibility index (Phi) is 7.68. The van der Waals surface area contributed by atoms with Gasteiger partial charge in [-0.05, 0) is 48.7 Å². The van der Waals surface area contributed by atoms with Gasteiger partial charge in [-0.15, -0.1) is 0 Å². The van der Waals surface area contributed by atoms with Crippen LogP contribution in [0.25, 0.3) is 0 Å². The molecule has 0 heterocycles. The van der Waals surface area contributed by atoms with Crippen molar-refractivity contribution in [3.8, 4) is 11.5 Å². The van der Waals surface area contributed by atoms with Gasteiger partial charge in [0.2, 0.25) is 10.0 Å². The summed E-state index contributed by atoms with van der Waals surface area (Å²) in [5.41, 5.74) is 1.85. The number of ether oxygens (including phenoxy) is 2. The Labute approximate surface area is 163 Å². The summed E-state index contributed by atoms with van der Waals surface area (Å²) in [5, 5.41) is -0.418. The van der Waals surface area contributed by atoms with E-state index in [1.165, 1.54) is 0 Å². The highest BCUT2D eigenvalue weighted by Gasteiger charge is 2.28. The zero-order valence-corrected chi connectivity index (χ0v) is 17.3. The minimum absolute atomic E-state index is 0.326. The molecule has 2 aromatic carbocycles. The Balaban J connectivity index is 2.28. The van der Waals surface area contributed by atoms with E-state index in [1.54, 1.807) is 25.4 Å². The van der Waals surface area contributed by atoms with Crippen molar-refractivity contribution in [1.29, 1.82) is 0 Å². The van der Waals surface area contributed by atoms with Crippen molar-refractivity contribution in [2.24, 2.45) is 0 Å². The van der Waals surface area contributed by atoms with Gasteiger partial charge in [0.25, 0.3) is 0 Å². The molecule has 0 spiro atoms. The summed E-state index contributed by atoms with van der Waals surface area (Å²) in [7, 11) is -0.194. The van der Waals surface area contributed by atoms with Crippen LogP contribution in [0.2, 0.25) is 0 Å². The summed E-state index contributed by atoms with van der Waals surface area (Å²) in [6.07, 6.45) is 1.48. The Morgan fingerprint density at radius 1 is 0.852 bits per heavy atom. The molecule has 0 bridgehead atoms. The quantitative estimate of drug-likeness (QED) is 0.608. The molecular formula is C21H29NO4S. The molecule has 1 atom stereocenters. The van der Waals surface area contributed by atoms with E-state index in [0.717, 1.165) is 29.0 Å². The van der Waals surface area contributed by atoms with E-state index in [2.05, 4.69) is 0 Å². The lowest BCUT2D eigenvalue weighted by molar-refractivity contribution is 0.390. The van der Waals surface area contributed by atoms with Crippen LogP contribution >= 0.6 is 0 Å². The van der Waals surface area contributed by atoms with Crippen LogP contribution in [0.5, 0.6) is 11.5 Å². The second-order valence-corrected chi connectivity index (χ2v) is 8.96. The van der Waals surface area contributed by atoms with E-state index in [4.69, 9.17) is 9.47 Å². The van der Waals surface area contributed by atoms with Gasteiger partial charge in [-0.3, -0.25) is 0 Å². The van der Waals surface area contributed by atoms with Crippen LogP contribution in [0.1, 0.15) is 37.8 Å². The number of nitrogens with zero attached hydrogens (tertiary/aromatic N) is 1. The number of sulfonamides is 1. The first-order chi connectivity index (χ1) is 12.9. The molecule has 2 aromatic rings. The third-order valence-corrected chi connectivity index (χ3v) is 6.83. The van der Waals surface area contributed by atoms with Crippen LogP contribution in [-0.4, -0.2) is 32.2 Å². The SMILES string of the molecule is CCC[C@H](C)S(=O)(=O)N(Cc1ccc(OC)cc1)Cc1ccc(OC)cc1. The highest BCUT2D eigenvalue weighted by atomic mass is 32.2. The molecule has 0 aliphatic rings. The third kappa shape index (κ3) is 5.71. The van der Waals surface area contributed by atoms with Gasteiger partial charge in [0.1, 0.15) is 11.5 Å². The summed E-state index contributed by atoms with van der Waals surface area (Å²) < 4.78 is 38.2. The van der Waals surface area contributed by atoms with Crippen molar-refractivity contribution in [3.63, 3.8) is 0 Å². The standard InChI is InChI=1S/C21H29NO4S/c1-5-6-17(2)27(23,24)22(15-18-7-11-20(25-3)12-8-18)16-19-9-13-21(26-4)14-10-19/h7-14,17H,5-6,15-16H2,1-4H3/t17-/m0/s1. The third-order valence-electron chi connectivity index (χ3n) is 4.60. The maximum absolute atomic E-state index is 13.2. The van der Waals surface area contributed by atoms with Gasteiger partial charge in [-0.25, -0.2) is 8.42 Å². The van der Waals surface area contributed by atoms with E-state index in [1.807, 2.05) is 55.5 Å². The fraction of sp³-hybridized carbons (Fsp3) is 0.429. The minimum Gasteiger partial charge on any atom is -0.497 e. The molecule has 0 aliphatic carbocycles. The normalized spacial score (nSPS) is 12.8. The topological polar surface area (TPSA) is 55.8 Å². The van der Waals surface area contributed by atoms with Crippen molar-refractivity contribution in [3.05, 3.63) is 59.7 Å². The Morgan fingerprint density at radius 2 is 1.26 bits per heavy atom. The summed E-state index contributed by atoms with van der Waals surface area (Å²) in [6.45, 7) is 4.44. The molecular weight excluding hydrogens is 362 g/mol. The molecule has 0 radical (unpaired) electrons. The highest BCUT2D eigenvalue weighted by Crippen LogP contribution is 2.22. The van der Waals surface area contributed by atoms with Crippen LogP contribution in [-0.2, 0) is 23.1 Å². The van der Waals surface area contributed by atoms with Crippen molar-refractivity contribution in [1.82, 2.24) is 4.31 Å². The van der Waals surface area contributed by atoms with Crippen molar-refractivity contribution in [2.45, 2.75) is 45.0 Å². The zero-order valence-electron chi connectivity index (χ0n) is 16.5. The fourth-order valence-electron chi connectivity index (χ4n) is 2.91. The summed E-state index contributed by atoms with van der Waals surface area (Å²) in [6, 6.07) is 15.0. The van der Waals surface area contributed by atoms with Crippen LogP contribution in [0.15, 0.2) is 48.5 Å². The fourth-order valence-corrected chi connectivity index (χ4v) is 4.62. The molecule has 0 aliphatic heterocycles. The van der Waals surface area contributed by atoms with Gasteiger partial charge >= 0.3 is 0 Å². The first kappa shape index (κ1) is 21.3. The largest absolute Gasteiger partial charge is 0.497 e. The molecule has 0 unspecified atom stereocenters. The summed E-state index contributed by atoms with van der Waals surface area (Å²) in [4.78, 5) is 0. The average molecular weight is 392 g/mol. The smallest absolute Gasteiger partial charge is 0.217 e. The molecule has 6 heteroatoms. The zero-order chi connectivity index (χ0) is 19.9. The Bertz CT molecular complexity index is 752. The predicted molar refractivity (Wildman–Crippen MR) is 109 cm³/mol. The first-order valence-electron chi connectivity index (χ1n) is 9.15. The van der Waals surface area contributed by atoms with Gasteiger partial charge in [0.05, 0.1) is 19.5 Å². The van der Waals surface area contributed by atoms with E-state index < -0.39 is 15.3 Å². The molecule has 148 valence electrons. The molecule has 5 nitrogen and oxygen atoms in total. The van der Waals surface area contributed by atoms with Gasteiger partial charge in [0.15, 0.2) is 0 Å². The lowest BCUT2D eigenvalue weighted by Crippen LogP contribution is -2.36. The van der Waals surface area contributed by atoms with E-state index in [-0.39, 0.29) is 0 Å².